The van der Waals surface area contributed by atoms with Gasteiger partial charge in [-0.25, -0.2) is 4.98 Å². The molecule has 38 heavy (non-hydrogen) atoms. The molecule has 0 bridgehead atoms. The molecule has 1 atom stereocenters. The third-order valence-corrected chi connectivity index (χ3v) is 7.39. The number of halogens is 2. The minimum atomic E-state index is -0.601. The number of hydrogen-bond acceptors (Lipinski definition) is 6. The molecule has 5 rings (SSSR count). The lowest BCUT2D eigenvalue weighted by molar-refractivity contribution is 0.0876. The van der Waals surface area contributed by atoms with Gasteiger partial charge in [0, 0.05) is 51.4 Å². The van der Waals surface area contributed by atoms with Crippen LogP contribution in [-0.2, 0) is 6.61 Å². The van der Waals surface area contributed by atoms with Gasteiger partial charge in [0.2, 0.25) is 0 Å². The topological polar surface area (TPSA) is 116 Å². The Morgan fingerprint density at radius 3 is 2.66 bits per heavy atom. The fourth-order valence-electron chi connectivity index (χ4n) is 4.62. The maximum absolute atomic E-state index is 12.7. The van der Waals surface area contributed by atoms with E-state index in [1.165, 1.54) is 0 Å². The molecule has 1 aliphatic heterocycles. The Balaban J connectivity index is 1.27. The number of nitrogens with one attached hydrogen (secondary N) is 2. The number of anilines is 1. The van der Waals surface area contributed by atoms with Crippen LogP contribution in [0.25, 0.3) is 22.0 Å². The zero-order valence-electron chi connectivity index (χ0n) is 20.7. The summed E-state index contributed by atoms with van der Waals surface area (Å²) in [6.07, 6.45) is 3.40. The summed E-state index contributed by atoms with van der Waals surface area (Å²) >= 11 is 12.5. The second kappa shape index (κ2) is 11.6. The molecule has 2 aromatic carbocycles. The van der Waals surface area contributed by atoms with Gasteiger partial charge in [0.05, 0.1) is 6.10 Å². The van der Waals surface area contributed by atoms with Crippen molar-refractivity contribution in [2.75, 3.05) is 31.9 Å². The fourth-order valence-corrected chi connectivity index (χ4v) is 5.12. The standard InChI is InChI=1S/C28H29Cl2N5O3/c29-22-4-3-5-23(30)21(22)16-38-26-12-19(13-32-27(26)31)17-6-7-24-18(10-17)11-25(34-24)28(37)33-14-20(36)15-35-8-1-2-9-35/h3-7,10-13,20,34,36H,1-2,8-9,14-16H2,(H2,31,32)(H,33,37). The van der Waals surface area contributed by atoms with E-state index in [0.29, 0.717) is 33.6 Å². The van der Waals surface area contributed by atoms with Gasteiger partial charge in [-0.1, -0.05) is 35.3 Å². The number of nitrogens with two attached hydrogens (primary N) is 1. The summed E-state index contributed by atoms with van der Waals surface area (Å²) in [6, 6.07) is 14.7. The molecule has 1 amide bonds. The van der Waals surface area contributed by atoms with Crippen molar-refractivity contribution in [1.29, 1.82) is 0 Å². The van der Waals surface area contributed by atoms with Crippen molar-refractivity contribution >= 4 is 45.8 Å². The Hall–Kier alpha value is -3.30. The Labute approximate surface area is 230 Å². The van der Waals surface area contributed by atoms with Crippen LogP contribution in [0.2, 0.25) is 10.0 Å². The quantitative estimate of drug-likeness (QED) is 0.234. The molecule has 10 heteroatoms. The maximum atomic E-state index is 12.7. The highest BCUT2D eigenvalue weighted by Crippen LogP contribution is 2.31. The Kier molecular flexibility index (Phi) is 8.04. The number of hydrogen-bond donors (Lipinski definition) is 4. The number of β-amino-alcohol motifs (C(OH)–C–C–N with tert-alkyl or cyclic N) is 1. The number of nitrogens with zero attached hydrogens (tertiary/aromatic N) is 2. The molecule has 8 nitrogen and oxygen atoms in total. The predicted molar refractivity (Wildman–Crippen MR) is 151 cm³/mol. The average Bonchev–Trinajstić information content (AvgIpc) is 3.57. The smallest absolute Gasteiger partial charge is 0.267 e. The predicted octanol–water partition coefficient (Wildman–Crippen LogP) is 4.88. The van der Waals surface area contributed by atoms with E-state index in [2.05, 4.69) is 20.2 Å². The first-order valence-corrected chi connectivity index (χ1v) is 13.3. The van der Waals surface area contributed by atoms with Gasteiger partial charge in [-0.15, -0.1) is 0 Å². The van der Waals surface area contributed by atoms with Crippen molar-refractivity contribution in [3.05, 3.63) is 76.0 Å². The molecule has 4 aromatic rings. The Morgan fingerprint density at radius 1 is 1.13 bits per heavy atom. The van der Waals surface area contributed by atoms with E-state index in [0.717, 1.165) is 48.0 Å². The Bertz CT molecular complexity index is 1430. The molecule has 0 saturated carbocycles. The van der Waals surface area contributed by atoms with Gasteiger partial charge in [-0.3, -0.25) is 4.79 Å². The number of aliphatic hydroxyl groups excluding tert-OH is 1. The van der Waals surface area contributed by atoms with Crippen molar-refractivity contribution in [3.8, 4) is 16.9 Å². The van der Waals surface area contributed by atoms with Crippen molar-refractivity contribution in [3.63, 3.8) is 0 Å². The van der Waals surface area contributed by atoms with E-state index in [9.17, 15) is 9.90 Å². The number of fused-ring (bicyclic) bond motifs is 1. The summed E-state index contributed by atoms with van der Waals surface area (Å²) in [7, 11) is 0. The number of pyridine rings is 1. The SMILES string of the molecule is Nc1ncc(-c2ccc3[nH]c(C(=O)NCC(O)CN4CCCC4)cc3c2)cc1OCc1c(Cl)cccc1Cl. The maximum Gasteiger partial charge on any atom is 0.267 e. The first-order chi connectivity index (χ1) is 18.4. The number of aromatic amines is 1. The van der Waals surface area contributed by atoms with E-state index in [4.69, 9.17) is 33.7 Å². The molecule has 2 aromatic heterocycles. The van der Waals surface area contributed by atoms with Crippen molar-refractivity contribution in [1.82, 2.24) is 20.2 Å². The molecule has 1 unspecified atom stereocenters. The van der Waals surface area contributed by atoms with Crippen LogP contribution >= 0.6 is 23.2 Å². The number of carbonyl (C=O) groups is 1. The Morgan fingerprint density at radius 2 is 1.89 bits per heavy atom. The van der Waals surface area contributed by atoms with Gasteiger partial charge in [0.25, 0.3) is 5.91 Å². The van der Waals surface area contributed by atoms with Crippen molar-refractivity contribution in [2.45, 2.75) is 25.6 Å². The number of ether oxygens (including phenoxy) is 1. The molecular weight excluding hydrogens is 525 g/mol. The number of nitrogen functional groups attached to an aromatic ring is 1. The van der Waals surface area contributed by atoms with Crippen LogP contribution in [0.3, 0.4) is 0 Å². The van der Waals surface area contributed by atoms with Crippen LogP contribution < -0.4 is 15.8 Å². The van der Waals surface area contributed by atoms with E-state index in [-0.39, 0.29) is 24.9 Å². The van der Waals surface area contributed by atoms with E-state index in [1.54, 1.807) is 30.5 Å². The number of aliphatic hydroxyl groups is 1. The second-order valence-electron chi connectivity index (χ2n) is 9.45. The van der Waals surface area contributed by atoms with Crippen LogP contribution in [0.4, 0.5) is 5.82 Å². The molecule has 0 aliphatic carbocycles. The first-order valence-electron chi connectivity index (χ1n) is 12.5. The number of rotatable bonds is 9. The molecule has 0 spiro atoms. The van der Waals surface area contributed by atoms with Gasteiger partial charge < -0.3 is 30.8 Å². The van der Waals surface area contributed by atoms with E-state index >= 15 is 0 Å². The molecule has 198 valence electrons. The molecular formula is C28H29Cl2N5O3. The summed E-state index contributed by atoms with van der Waals surface area (Å²) in [6.45, 7) is 2.93. The van der Waals surface area contributed by atoms with Crippen LogP contribution in [0.1, 0.15) is 28.9 Å². The molecule has 1 fully saturated rings. The van der Waals surface area contributed by atoms with Gasteiger partial charge >= 0.3 is 0 Å². The summed E-state index contributed by atoms with van der Waals surface area (Å²) < 4.78 is 5.92. The van der Waals surface area contributed by atoms with Gasteiger partial charge in [0.15, 0.2) is 11.6 Å². The minimum absolute atomic E-state index is 0.149. The monoisotopic (exact) mass is 553 g/mol. The molecule has 0 radical (unpaired) electrons. The second-order valence-corrected chi connectivity index (χ2v) is 10.3. The molecule has 1 aliphatic rings. The normalized spacial score (nSPS) is 14.6. The lowest BCUT2D eigenvalue weighted by atomic mass is 10.1. The van der Waals surface area contributed by atoms with Crippen molar-refractivity contribution < 1.29 is 14.6 Å². The fraction of sp³-hybridized carbons (Fsp3) is 0.286. The lowest BCUT2D eigenvalue weighted by Crippen LogP contribution is -2.39. The highest BCUT2D eigenvalue weighted by atomic mass is 35.5. The van der Waals surface area contributed by atoms with Crippen LogP contribution in [0, 0.1) is 0 Å². The number of amides is 1. The van der Waals surface area contributed by atoms with Gasteiger partial charge in [0.1, 0.15) is 12.3 Å². The number of likely N-dealkylation sites (tertiary alicyclic amines) is 1. The molecule has 5 N–H and O–H groups in total. The molecule has 3 heterocycles. The average molecular weight is 554 g/mol. The highest BCUT2D eigenvalue weighted by molar-refractivity contribution is 6.35. The summed E-state index contributed by atoms with van der Waals surface area (Å²) in [4.78, 5) is 22.4. The van der Waals surface area contributed by atoms with E-state index < -0.39 is 6.10 Å². The molecule has 1 saturated heterocycles. The summed E-state index contributed by atoms with van der Waals surface area (Å²) in [5.74, 6) is 0.414. The van der Waals surface area contributed by atoms with Gasteiger partial charge in [-0.05, 0) is 67.9 Å². The minimum Gasteiger partial charge on any atom is -0.485 e. The largest absolute Gasteiger partial charge is 0.485 e. The van der Waals surface area contributed by atoms with Gasteiger partial charge in [-0.2, -0.15) is 0 Å². The lowest BCUT2D eigenvalue weighted by Gasteiger charge is -2.19. The van der Waals surface area contributed by atoms with Crippen LogP contribution in [-0.4, -0.2) is 58.2 Å². The highest BCUT2D eigenvalue weighted by Gasteiger charge is 2.17. The van der Waals surface area contributed by atoms with Crippen molar-refractivity contribution in [2.24, 2.45) is 0 Å². The summed E-state index contributed by atoms with van der Waals surface area (Å²) in [5, 5.41) is 15.0. The number of benzene rings is 2. The third-order valence-electron chi connectivity index (χ3n) is 6.68. The summed E-state index contributed by atoms with van der Waals surface area (Å²) in [5.41, 5.74) is 9.68. The van der Waals surface area contributed by atoms with E-state index in [1.807, 2.05) is 24.3 Å². The number of carbonyl (C=O) groups excluding carboxylic acids is 1. The van der Waals surface area contributed by atoms with Crippen LogP contribution in [0.15, 0.2) is 54.7 Å². The number of H-pyrrole nitrogens is 1. The first kappa shape index (κ1) is 26.3. The van der Waals surface area contributed by atoms with Crippen LogP contribution in [0.5, 0.6) is 5.75 Å². The number of aromatic nitrogens is 2. The zero-order valence-corrected chi connectivity index (χ0v) is 22.2. The third kappa shape index (κ3) is 6.05. The zero-order chi connectivity index (χ0) is 26.6.